The van der Waals surface area contributed by atoms with E-state index >= 15 is 0 Å². The van der Waals surface area contributed by atoms with Crippen LogP contribution in [0.15, 0.2) is 0 Å². The van der Waals surface area contributed by atoms with Crippen LogP contribution in [-0.2, 0) is 4.74 Å². The SMILES string of the molecule is COCC(C)N(C)CC1(CNC(C)(C)C)CCCCC1. The molecule has 1 aliphatic rings. The van der Waals surface area contributed by atoms with Crippen molar-refractivity contribution in [2.75, 3.05) is 33.9 Å². The van der Waals surface area contributed by atoms with Crippen molar-refractivity contribution in [3.05, 3.63) is 0 Å². The number of hydrogen-bond acceptors (Lipinski definition) is 3. The Morgan fingerprint density at radius 2 is 1.80 bits per heavy atom. The average molecular weight is 284 g/mol. The van der Waals surface area contributed by atoms with Crippen LogP contribution >= 0.6 is 0 Å². The van der Waals surface area contributed by atoms with Crippen LogP contribution in [0.5, 0.6) is 0 Å². The fourth-order valence-electron chi connectivity index (χ4n) is 3.20. The molecule has 1 fully saturated rings. The third kappa shape index (κ3) is 6.11. The summed E-state index contributed by atoms with van der Waals surface area (Å²) in [6.07, 6.45) is 6.91. The second-order valence-electron chi connectivity index (χ2n) is 7.88. The van der Waals surface area contributed by atoms with Gasteiger partial charge in [0.25, 0.3) is 0 Å². The Morgan fingerprint density at radius 3 is 2.30 bits per heavy atom. The number of hydrogen-bond donors (Lipinski definition) is 1. The first kappa shape index (κ1) is 17.9. The first-order valence-corrected chi connectivity index (χ1v) is 8.22. The molecule has 0 aromatic rings. The van der Waals surface area contributed by atoms with Gasteiger partial charge in [0.05, 0.1) is 6.61 Å². The summed E-state index contributed by atoms with van der Waals surface area (Å²) < 4.78 is 5.30. The molecule has 120 valence electrons. The van der Waals surface area contributed by atoms with Gasteiger partial charge in [0, 0.05) is 31.8 Å². The van der Waals surface area contributed by atoms with Crippen molar-refractivity contribution in [3.63, 3.8) is 0 Å². The third-order valence-electron chi connectivity index (χ3n) is 4.65. The highest BCUT2D eigenvalue weighted by Crippen LogP contribution is 2.37. The van der Waals surface area contributed by atoms with Crippen molar-refractivity contribution in [2.45, 2.75) is 71.4 Å². The van der Waals surface area contributed by atoms with Crippen LogP contribution in [0.25, 0.3) is 0 Å². The van der Waals surface area contributed by atoms with Crippen LogP contribution in [0.2, 0.25) is 0 Å². The molecule has 1 atom stereocenters. The quantitative estimate of drug-likeness (QED) is 0.776. The lowest BCUT2D eigenvalue weighted by atomic mass is 9.73. The summed E-state index contributed by atoms with van der Waals surface area (Å²) in [6, 6.07) is 0.494. The summed E-state index contributed by atoms with van der Waals surface area (Å²) in [4.78, 5) is 2.49. The van der Waals surface area contributed by atoms with Crippen molar-refractivity contribution in [2.24, 2.45) is 5.41 Å². The molecule has 0 amide bonds. The van der Waals surface area contributed by atoms with E-state index in [1.54, 1.807) is 7.11 Å². The molecule has 1 N–H and O–H groups in total. The normalized spacial score (nSPS) is 21.1. The number of likely N-dealkylation sites (N-methyl/N-ethyl adjacent to an activating group) is 1. The maximum Gasteiger partial charge on any atom is 0.0615 e. The number of rotatable bonds is 7. The van der Waals surface area contributed by atoms with Gasteiger partial charge < -0.3 is 15.0 Å². The second-order valence-corrected chi connectivity index (χ2v) is 7.88. The highest BCUT2D eigenvalue weighted by molar-refractivity contribution is 4.90. The van der Waals surface area contributed by atoms with Crippen molar-refractivity contribution in [1.82, 2.24) is 10.2 Å². The lowest BCUT2D eigenvalue weighted by Crippen LogP contribution is -2.50. The molecule has 0 aromatic carbocycles. The molecule has 1 saturated carbocycles. The van der Waals surface area contributed by atoms with E-state index in [0.717, 1.165) is 13.2 Å². The second kappa shape index (κ2) is 7.77. The molecule has 0 aromatic heterocycles. The van der Waals surface area contributed by atoms with E-state index < -0.39 is 0 Å². The average Bonchev–Trinajstić information content (AvgIpc) is 2.37. The van der Waals surface area contributed by atoms with Crippen molar-refractivity contribution >= 4 is 0 Å². The van der Waals surface area contributed by atoms with E-state index in [9.17, 15) is 0 Å². The molecule has 0 radical (unpaired) electrons. The predicted molar refractivity (Wildman–Crippen MR) is 87.2 cm³/mol. The zero-order valence-corrected chi connectivity index (χ0v) is 14.6. The Kier molecular flexibility index (Phi) is 6.96. The zero-order chi connectivity index (χ0) is 15.2. The highest BCUT2D eigenvalue weighted by Gasteiger charge is 2.34. The van der Waals surface area contributed by atoms with E-state index in [1.165, 1.54) is 38.6 Å². The first-order chi connectivity index (χ1) is 9.28. The fourth-order valence-corrected chi connectivity index (χ4v) is 3.20. The summed E-state index contributed by atoms with van der Waals surface area (Å²) >= 11 is 0. The Hall–Kier alpha value is -0.120. The first-order valence-electron chi connectivity index (χ1n) is 8.22. The van der Waals surface area contributed by atoms with Crippen molar-refractivity contribution < 1.29 is 4.74 Å². The van der Waals surface area contributed by atoms with Gasteiger partial charge in [0.15, 0.2) is 0 Å². The fraction of sp³-hybridized carbons (Fsp3) is 1.00. The van der Waals surface area contributed by atoms with Gasteiger partial charge in [0.2, 0.25) is 0 Å². The lowest BCUT2D eigenvalue weighted by Gasteiger charge is -2.43. The summed E-state index contributed by atoms with van der Waals surface area (Å²) in [5, 5.41) is 3.75. The molecule has 1 rings (SSSR count). The number of ether oxygens (including phenoxy) is 1. The van der Waals surface area contributed by atoms with E-state index in [-0.39, 0.29) is 5.54 Å². The van der Waals surface area contributed by atoms with Crippen molar-refractivity contribution in [1.29, 1.82) is 0 Å². The Balaban J connectivity index is 2.63. The minimum atomic E-state index is 0.209. The van der Waals surface area contributed by atoms with Gasteiger partial charge >= 0.3 is 0 Å². The largest absolute Gasteiger partial charge is 0.383 e. The Bertz CT molecular complexity index is 267. The molecule has 0 aliphatic heterocycles. The molecule has 20 heavy (non-hydrogen) atoms. The summed E-state index contributed by atoms with van der Waals surface area (Å²) in [7, 11) is 4.04. The molecule has 3 heteroatoms. The van der Waals surface area contributed by atoms with E-state index in [4.69, 9.17) is 4.74 Å². The highest BCUT2D eigenvalue weighted by atomic mass is 16.5. The Morgan fingerprint density at radius 1 is 1.20 bits per heavy atom. The monoisotopic (exact) mass is 284 g/mol. The third-order valence-corrected chi connectivity index (χ3v) is 4.65. The molecule has 0 spiro atoms. The smallest absolute Gasteiger partial charge is 0.0615 e. The van der Waals surface area contributed by atoms with Crippen LogP contribution in [0.1, 0.15) is 59.8 Å². The van der Waals surface area contributed by atoms with Crippen LogP contribution in [-0.4, -0.2) is 50.3 Å². The predicted octanol–water partition coefficient (Wildman–Crippen LogP) is 3.29. The van der Waals surface area contributed by atoms with Gasteiger partial charge in [-0.2, -0.15) is 0 Å². The van der Waals surface area contributed by atoms with Gasteiger partial charge in [-0.1, -0.05) is 19.3 Å². The Labute approximate surface area is 126 Å². The van der Waals surface area contributed by atoms with Gasteiger partial charge in [-0.05, 0) is 53.0 Å². The molecule has 3 nitrogen and oxygen atoms in total. The van der Waals surface area contributed by atoms with E-state index in [2.05, 4.69) is 45.0 Å². The van der Waals surface area contributed by atoms with Crippen LogP contribution in [0.4, 0.5) is 0 Å². The molecule has 0 bridgehead atoms. The van der Waals surface area contributed by atoms with E-state index in [0.29, 0.717) is 11.5 Å². The summed E-state index contributed by atoms with van der Waals surface area (Å²) in [6.45, 7) is 12.2. The van der Waals surface area contributed by atoms with Crippen LogP contribution < -0.4 is 5.32 Å². The van der Waals surface area contributed by atoms with E-state index in [1.807, 2.05) is 0 Å². The molecular formula is C17H36N2O. The molecular weight excluding hydrogens is 248 g/mol. The van der Waals surface area contributed by atoms with Gasteiger partial charge in [-0.3, -0.25) is 0 Å². The number of nitrogens with one attached hydrogen (secondary N) is 1. The standard InChI is InChI=1S/C17H36N2O/c1-15(12-20-6)19(5)14-17(10-8-7-9-11-17)13-18-16(2,3)4/h15,18H,7-14H2,1-6H3. The molecule has 0 saturated heterocycles. The molecule has 1 aliphatic carbocycles. The van der Waals surface area contributed by atoms with Crippen molar-refractivity contribution in [3.8, 4) is 0 Å². The zero-order valence-electron chi connectivity index (χ0n) is 14.6. The number of methoxy groups -OCH3 is 1. The maximum atomic E-state index is 5.30. The van der Waals surface area contributed by atoms with Gasteiger partial charge in [-0.25, -0.2) is 0 Å². The van der Waals surface area contributed by atoms with Crippen LogP contribution in [0.3, 0.4) is 0 Å². The minimum absolute atomic E-state index is 0.209. The topological polar surface area (TPSA) is 24.5 Å². The molecule has 0 heterocycles. The van der Waals surface area contributed by atoms with Crippen LogP contribution in [0, 0.1) is 5.41 Å². The number of nitrogens with zero attached hydrogens (tertiary/aromatic N) is 1. The van der Waals surface area contributed by atoms with Gasteiger partial charge in [-0.15, -0.1) is 0 Å². The summed E-state index contributed by atoms with van der Waals surface area (Å²) in [5.74, 6) is 0. The minimum Gasteiger partial charge on any atom is -0.383 e. The summed E-state index contributed by atoms with van der Waals surface area (Å²) in [5.41, 5.74) is 0.656. The van der Waals surface area contributed by atoms with Gasteiger partial charge in [0.1, 0.15) is 0 Å². The molecule has 1 unspecified atom stereocenters. The lowest BCUT2D eigenvalue weighted by molar-refractivity contribution is 0.0579. The maximum absolute atomic E-state index is 5.30.